The van der Waals surface area contributed by atoms with E-state index in [1.807, 2.05) is 37.3 Å². The Hall–Kier alpha value is -1.88. The van der Waals surface area contributed by atoms with Gasteiger partial charge in [-0.3, -0.25) is 9.59 Å². The molecule has 0 spiro atoms. The second kappa shape index (κ2) is 5.96. The van der Waals surface area contributed by atoms with Gasteiger partial charge >= 0.3 is 5.97 Å². The summed E-state index contributed by atoms with van der Waals surface area (Å²) in [5.41, 5.74) is 0.352. The second-order valence-corrected chi connectivity index (χ2v) is 6.51. The quantitative estimate of drug-likeness (QED) is 0.843. The lowest BCUT2D eigenvalue weighted by Gasteiger charge is -2.26. The topological polar surface area (TPSA) is 66.8 Å². The lowest BCUT2D eigenvalue weighted by atomic mass is 9.86. The fourth-order valence-corrected chi connectivity index (χ4v) is 3.62. The first-order chi connectivity index (χ1) is 11.0. The lowest BCUT2D eigenvalue weighted by molar-refractivity contribution is -0.153. The summed E-state index contributed by atoms with van der Waals surface area (Å²) in [5.74, 6) is -0.937. The predicted octanol–water partition coefficient (Wildman–Crippen LogP) is 1.91. The molecule has 5 heteroatoms. The highest BCUT2D eigenvalue weighted by atomic mass is 16.5. The van der Waals surface area contributed by atoms with E-state index in [9.17, 15) is 14.7 Å². The van der Waals surface area contributed by atoms with Crippen molar-refractivity contribution in [3.8, 4) is 0 Å². The molecule has 1 aliphatic carbocycles. The van der Waals surface area contributed by atoms with Crippen molar-refractivity contribution in [2.75, 3.05) is 13.2 Å². The number of aliphatic hydroxyl groups is 1. The van der Waals surface area contributed by atoms with E-state index in [4.69, 9.17) is 4.74 Å². The van der Waals surface area contributed by atoms with Crippen LogP contribution in [0, 0.1) is 11.3 Å². The van der Waals surface area contributed by atoms with Crippen LogP contribution in [0.4, 0.5) is 0 Å². The van der Waals surface area contributed by atoms with Gasteiger partial charge < -0.3 is 14.7 Å². The van der Waals surface area contributed by atoms with Gasteiger partial charge in [-0.05, 0) is 32.3 Å². The maximum atomic E-state index is 12.5. The number of esters is 1. The predicted molar refractivity (Wildman–Crippen MR) is 84.4 cm³/mol. The zero-order valence-corrected chi connectivity index (χ0v) is 13.6. The maximum absolute atomic E-state index is 12.5. The van der Waals surface area contributed by atoms with Gasteiger partial charge in [-0.2, -0.15) is 0 Å². The first-order valence-corrected chi connectivity index (χ1v) is 8.22. The van der Waals surface area contributed by atoms with E-state index in [1.54, 1.807) is 11.8 Å². The van der Waals surface area contributed by atoms with Crippen LogP contribution in [0.25, 0.3) is 0 Å². The van der Waals surface area contributed by atoms with Crippen molar-refractivity contribution in [1.29, 1.82) is 0 Å². The molecule has 3 rings (SSSR count). The smallest absolute Gasteiger partial charge is 0.312 e. The van der Waals surface area contributed by atoms with Gasteiger partial charge in [0.25, 0.3) is 5.91 Å². The minimum absolute atomic E-state index is 0.124. The number of carbonyl (C=O) groups is 2. The minimum Gasteiger partial charge on any atom is -0.466 e. The van der Waals surface area contributed by atoms with Crippen LogP contribution < -0.4 is 0 Å². The molecule has 23 heavy (non-hydrogen) atoms. The molecule has 2 aliphatic rings. The van der Waals surface area contributed by atoms with Crippen molar-refractivity contribution in [1.82, 2.24) is 4.90 Å². The van der Waals surface area contributed by atoms with Crippen molar-refractivity contribution in [3.05, 3.63) is 35.9 Å². The summed E-state index contributed by atoms with van der Waals surface area (Å²) in [4.78, 5) is 26.4. The zero-order chi connectivity index (χ0) is 16.6. The fraction of sp³-hybridized carbons (Fsp3) is 0.556. The Bertz CT molecular complexity index is 596. The molecule has 1 aromatic rings. The third kappa shape index (κ3) is 2.63. The molecule has 0 aromatic heterocycles. The Balaban J connectivity index is 1.79. The molecule has 0 radical (unpaired) electrons. The van der Waals surface area contributed by atoms with E-state index in [0.29, 0.717) is 26.0 Å². The van der Waals surface area contributed by atoms with E-state index < -0.39 is 11.5 Å². The normalized spacial score (nSPS) is 26.9. The number of benzene rings is 1. The largest absolute Gasteiger partial charge is 0.466 e. The summed E-state index contributed by atoms with van der Waals surface area (Å²) in [6.45, 7) is 4.44. The van der Waals surface area contributed by atoms with E-state index >= 15 is 0 Å². The van der Waals surface area contributed by atoms with Crippen LogP contribution in [-0.4, -0.2) is 41.1 Å². The number of amides is 1. The Labute approximate surface area is 136 Å². The maximum Gasteiger partial charge on any atom is 0.312 e. The molecule has 1 saturated carbocycles. The summed E-state index contributed by atoms with van der Waals surface area (Å²) in [6.07, 6.45) is 0.260. The summed E-state index contributed by atoms with van der Waals surface area (Å²) in [5, 5.41) is 10.4. The highest BCUT2D eigenvalue weighted by Gasteiger charge is 2.63. The van der Waals surface area contributed by atoms with Crippen molar-refractivity contribution in [2.45, 2.75) is 38.8 Å². The number of rotatable bonds is 5. The Kier molecular flexibility index (Phi) is 4.15. The van der Waals surface area contributed by atoms with Crippen LogP contribution in [0.15, 0.2) is 30.3 Å². The molecule has 5 nitrogen and oxygen atoms in total. The SMILES string of the molecule is CCOC(=O)C1([C@H]2CN([C@@H](C)c3ccccc3)C(=O)[C@@H]2O)CC1. The van der Waals surface area contributed by atoms with Gasteiger partial charge in [0.1, 0.15) is 6.10 Å². The van der Waals surface area contributed by atoms with Gasteiger partial charge in [-0.1, -0.05) is 30.3 Å². The average molecular weight is 317 g/mol. The molecule has 2 fully saturated rings. The van der Waals surface area contributed by atoms with Gasteiger partial charge in [0.15, 0.2) is 0 Å². The average Bonchev–Trinajstić information content (AvgIpc) is 3.31. The van der Waals surface area contributed by atoms with Crippen LogP contribution in [0.5, 0.6) is 0 Å². The Morgan fingerprint density at radius 2 is 2.04 bits per heavy atom. The first kappa shape index (κ1) is 16.0. The third-order valence-electron chi connectivity index (χ3n) is 5.24. The summed E-state index contributed by atoms with van der Waals surface area (Å²) >= 11 is 0. The lowest BCUT2D eigenvalue weighted by Crippen LogP contribution is -2.36. The second-order valence-electron chi connectivity index (χ2n) is 6.51. The molecular formula is C18H23NO4. The Morgan fingerprint density at radius 1 is 1.39 bits per heavy atom. The summed E-state index contributed by atoms with van der Waals surface area (Å²) in [6, 6.07) is 9.61. The molecule has 124 valence electrons. The molecule has 1 heterocycles. The molecule has 1 N–H and O–H groups in total. The summed E-state index contributed by atoms with van der Waals surface area (Å²) < 4.78 is 5.17. The molecular weight excluding hydrogens is 294 g/mol. The molecule has 0 bridgehead atoms. The number of ether oxygens (including phenoxy) is 1. The highest BCUT2D eigenvalue weighted by Crippen LogP contribution is 2.56. The molecule has 1 amide bonds. The van der Waals surface area contributed by atoms with Gasteiger partial charge in [-0.25, -0.2) is 0 Å². The third-order valence-corrected chi connectivity index (χ3v) is 5.24. The van der Waals surface area contributed by atoms with Crippen molar-refractivity contribution in [3.63, 3.8) is 0 Å². The first-order valence-electron chi connectivity index (χ1n) is 8.22. The van der Waals surface area contributed by atoms with Gasteiger partial charge in [0.05, 0.1) is 18.1 Å². The monoisotopic (exact) mass is 317 g/mol. The van der Waals surface area contributed by atoms with Crippen LogP contribution >= 0.6 is 0 Å². The van der Waals surface area contributed by atoms with Gasteiger partial charge in [-0.15, -0.1) is 0 Å². The number of likely N-dealkylation sites (tertiary alicyclic amines) is 1. The fourth-order valence-electron chi connectivity index (χ4n) is 3.62. The minimum atomic E-state index is -1.12. The Morgan fingerprint density at radius 3 is 2.61 bits per heavy atom. The number of hydrogen-bond donors (Lipinski definition) is 1. The number of nitrogens with zero attached hydrogens (tertiary/aromatic N) is 1. The standard InChI is InChI=1S/C18H23NO4/c1-3-23-17(22)18(9-10-18)14-11-19(16(21)15(14)20)12(2)13-7-5-4-6-8-13/h4-8,12,14-15,20H,3,9-11H2,1-2H3/t12-,14-,15+/m0/s1. The molecule has 0 unspecified atom stereocenters. The van der Waals surface area contributed by atoms with Crippen LogP contribution in [0.3, 0.4) is 0 Å². The van der Waals surface area contributed by atoms with Crippen molar-refractivity contribution in [2.24, 2.45) is 11.3 Å². The number of hydrogen-bond acceptors (Lipinski definition) is 4. The van der Waals surface area contributed by atoms with E-state index in [-0.39, 0.29) is 23.8 Å². The molecule has 1 aromatic carbocycles. The van der Waals surface area contributed by atoms with Crippen molar-refractivity contribution >= 4 is 11.9 Å². The number of carbonyl (C=O) groups excluding carboxylic acids is 2. The molecule has 1 saturated heterocycles. The number of aliphatic hydroxyl groups excluding tert-OH is 1. The highest BCUT2D eigenvalue weighted by molar-refractivity contribution is 5.88. The van der Waals surface area contributed by atoms with E-state index in [0.717, 1.165) is 5.56 Å². The van der Waals surface area contributed by atoms with Gasteiger partial charge in [0.2, 0.25) is 0 Å². The van der Waals surface area contributed by atoms with E-state index in [1.165, 1.54) is 0 Å². The molecule has 1 aliphatic heterocycles. The van der Waals surface area contributed by atoms with Crippen LogP contribution in [0.1, 0.15) is 38.3 Å². The van der Waals surface area contributed by atoms with Crippen LogP contribution in [0.2, 0.25) is 0 Å². The zero-order valence-electron chi connectivity index (χ0n) is 13.6. The van der Waals surface area contributed by atoms with Crippen LogP contribution in [-0.2, 0) is 14.3 Å². The van der Waals surface area contributed by atoms with Gasteiger partial charge in [0, 0.05) is 12.5 Å². The van der Waals surface area contributed by atoms with Crippen molar-refractivity contribution < 1.29 is 19.4 Å². The molecule has 3 atom stereocenters. The summed E-state index contributed by atoms with van der Waals surface area (Å²) in [7, 11) is 0. The van der Waals surface area contributed by atoms with E-state index in [2.05, 4.69) is 0 Å².